The third-order valence-corrected chi connectivity index (χ3v) is 5.04. The molecule has 2 amide bonds. The van der Waals surface area contributed by atoms with Crippen LogP contribution >= 0.6 is 0 Å². The van der Waals surface area contributed by atoms with E-state index in [0.717, 1.165) is 22.3 Å². The number of carbonyl (C=O) groups is 3. The molecular formula is C23H26N2O7. The minimum Gasteiger partial charge on any atom is -0.481 e. The molecule has 170 valence electrons. The van der Waals surface area contributed by atoms with Crippen LogP contribution in [0.2, 0.25) is 0 Å². The number of carbonyl (C=O) groups excluding carboxylic acids is 2. The SMILES string of the molecule is O=C(O)CC(O)CNC(=O)COCCNC(=O)OCC1c2ccccc2-c2ccccc21. The first-order valence-corrected chi connectivity index (χ1v) is 10.3. The molecule has 1 aliphatic rings. The number of carboxylic acid groups (broad SMARTS) is 1. The molecule has 0 heterocycles. The number of benzene rings is 2. The number of ether oxygens (including phenoxy) is 2. The summed E-state index contributed by atoms with van der Waals surface area (Å²) in [6.07, 6.45) is -2.19. The number of aliphatic carboxylic acids is 1. The van der Waals surface area contributed by atoms with Crippen molar-refractivity contribution in [2.75, 3.05) is 32.9 Å². The van der Waals surface area contributed by atoms with E-state index in [1.54, 1.807) is 0 Å². The number of nitrogens with one attached hydrogen (secondary N) is 2. The second-order valence-corrected chi connectivity index (χ2v) is 7.36. The lowest BCUT2D eigenvalue weighted by atomic mass is 9.98. The molecule has 1 unspecified atom stereocenters. The first-order chi connectivity index (χ1) is 15.5. The van der Waals surface area contributed by atoms with Gasteiger partial charge in [0, 0.05) is 19.0 Å². The third kappa shape index (κ3) is 6.29. The summed E-state index contributed by atoms with van der Waals surface area (Å²) in [6, 6.07) is 16.1. The minimum atomic E-state index is -1.16. The van der Waals surface area contributed by atoms with E-state index in [-0.39, 0.29) is 38.8 Å². The summed E-state index contributed by atoms with van der Waals surface area (Å²) in [5.74, 6) is -1.66. The number of aliphatic hydroxyl groups is 1. The average Bonchev–Trinajstić information content (AvgIpc) is 3.09. The maximum Gasteiger partial charge on any atom is 0.407 e. The van der Waals surface area contributed by atoms with Gasteiger partial charge in [-0.2, -0.15) is 0 Å². The lowest BCUT2D eigenvalue weighted by molar-refractivity contribution is -0.139. The van der Waals surface area contributed by atoms with Gasteiger partial charge in [-0.15, -0.1) is 0 Å². The zero-order valence-corrected chi connectivity index (χ0v) is 17.5. The molecule has 32 heavy (non-hydrogen) atoms. The number of amides is 2. The van der Waals surface area contributed by atoms with Crippen LogP contribution in [0, 0.1) is 0 Å². The fourth-order valence-electron chi connectivity index (χ4n) is 3.60. The zero-order chi connectivity index (χ0) is 22.9. The van der Waals surface area contributed by atoms with Crippen molar-refractivity contribution in [3.8, 4) is 11.1 Å². The maximum atomic E-state index is 12.0. The summed E-state index contributed by atoms with van der Waals surface area (Å²) >= 11 is 0. The van der Waals surface area contributed by atoms with Crippen molar-refractivity contribution < 1.29 is 34.1 Å². The number of alkyl carbamates (subject to hydrolysis) is 1. The van der Waals surface area contributed by atoms with E-state index in [9.17, 15) is 19.5 Å². The van der Waals surface area contributed by atoms with Crippen LogP contribution in [0.5, 0.6) is 0 Å². The first-order valence-electron chi connectivity index (χ1n) is 10.3. The van der Waals surface area contributed by atoms with Gasteiger partial charge in [-0.1, -0.05) is 48.5 Å². The molecular weight excluding hydrogens is 416 g/mol. The van der Waals surface area contributed by atoms with Crippen LogP contribution in [0.3, 0.4) is 0 Å². The summed E-state index contributed by atoms with van der Waals surface area (Å²) in [7, 11) is 0. The summed E-state index contributed by atoms with van der Waals surface area (Å²) in [5, 5.41) is 22.9. The monoisotopic (exact) mass is 442 g/mol. The number of hydrogen-bond acceptors (Lipinski definition) is 6. The van der Waals surface area contributed by atoms with E-state index in [1.807, 2.05) is 36.4 Å². The summed E-state index contributed by atoms with van der Waals surface area (Å²) < 4.78 is 10.6. The van der Waals surface area contributed by atoms with Crippen molar-refractivity contribution >= 4 is 18.0 Å². The Kier molecular flexibility index (Phi) is 8.18. The zero-order valence-electron chi connectivity index (χ0n) is 17.5. The molecule has 0 radical (unpaired) electrons. The predicted octanol–water partition coefficient (Wildman–Crippen LogP) is 1.49. The molecule has 2 aromatic rings. The van der Waals surface area contributed by atoms with Crippen molar-refractivity contribution in [1.29, 1.82) is 0 Å². The van der Waals surface area contributed by atoms with Crippen molar-refractivity contribution in [3.63, 3.8) is 0 Å². The fraction of sp³-hybridized carbons (Fsp3) is 0.348. The van der Waals surface area contributed by atoms with E-state index in [1.165, 1.54) is 0 Å². The molecule has 0 fully saturated rings. The molecule has 3 rings (SSSR count). The van der Waals surface area contributed by atoms with E-state index in [4.69, 9.17) is 14.6 Å². The Morgan fingerprint density at radius 3 is 2.22 bits per heavy atom. The summed E-state index contributed by atoms with van der Waals surface area (Å²) in [4.78, 5) is 34.1. The average molecular weight is 442 g/mol. The molecule has 0 aromatic heterocycles. The Morgan fingerprint density at radius 1 is 0.969 bits per heavy atom. The summed E-state index contributed by atoms with van der Waals surface area (Å²) in [5.41, 5.74) is 4.56. The number of hydrogen-bond donors (Lipinski definition) is 4. The van der Waals surface area contributed by atoms with Gasteiger partial charge in [0.25, 0.3) is 0 Å². The standard InChI is InChI=1S/C23H26N2O7/c26-15(11-22(28)29)12-25-21(27)14-31-10-9-24-23(30)32-13-20-18-7-3-1-5-16(18)17-6-2-4-8-19(17)20/h1-8,15,20,26H,9-14H2,(H,24,30)(H,25,27)(H,28,29). The topological polar surface area (TPSA) is 134 Å². The fourth-order valence-corrected chi connectivity index (χ4v) is 3.60. The Morgan fingerprint density at radius 2 is 1.59 bits per heavy atom. The lowest BCUT2D eigenvalue weighted by Crippen LogP contribution is -2.36. The Bertz CT molecular complexity index is 917. The van der Waals surface area contributed by atoms with Crippen LogP contribution in [0.4, 0.5) is 4.79 Å². The molecule has 4 N–H and O–H groups in total. The maximum absolute atomic E-state index is 12.0. The van der Waals surface area contributed by atoms with Crippen LogP contribution in [-0.4, -0.2) is 67.2 Å². The quantitative estimate of drug-likeness (QED) is 0.387. The van der Waals surface area contributed by atoms with Gasteiger partial charge in [0.2, 0.25) is 5.91 Å². The van der Waals surface area contributed by atoms with Gasteiger partial charge in [-0.05, 0) is 22.3 Å². The smallest absolute Gasteiger partial charge is 0.407 e. The van der Waals surface area contributed by atoms with Gasteiger partial charge in [0.1, 0.15) is 13.2 Å². The van der Waals surface area contributed by atoms with E-state index in [0.29, 0.717) is 0 Å². The second-order valence-electron chi connectivity index (χ2n) is 7.36. The molecule has 0 bridgehead atoms. The first kappa shape index (κ1) is 23.2. The Hall–Kier alpha value is -3.43. The molecule has 0 saturated carbocycles. The second kappa shape index (κ2) is 11.3. The molecule has 1 aliphatic carbocycles. The highest BCUT2D eigenvalue weighted by Crippen LogP contribution is 2.44. The predicted molar refractivity (Wildman–Crippen MR) is 115 cm³/mol. The van der Waals surface area contributed by atoms with Crippen molar-refractivity contribution in [2.45, 2.75) is 18.4 Å². The number of carboxylic acids is 1. The molecule has 9 nitrogen and oxygen atoms in total. The van der Waals surface area contributed by atoms with Crippen molar-refractivity contribution in [2.24, 2.45) is 0 Å². The molecule has 0 spiro atoms. The van der Waals surface area contributed by atoms with Crippen molar-refractivity contribution in [1.82, 2.24) is 10.6 Å². The molecule has 9 heteroatoms. The van der Waals surface area contributed by atoms with E-state index >= 15 is 0 Å². The highest BCUT2D eigenvalue weighted by Gasteiger charge is 2.28. The molecule has 0 aliphatic heterocycles. The number of aliphatic hydroxyl groups excluding tert-OH is 1. The van der Waals surface area contributed by atoms with Gasteiger partial charge < -0.3 is 30.3 Å². The molecule has 0 saturated heterocycles. The Labute approximate surface area is 185 Å². The highest BCUT2D eigenvalue weighted by molar-refractivity contribution is 5.79. The van der Waals surface area contributed by atoms with Gasteiger partial charge in [0.15, 0.2) is 0 Å². The third-order valence-electron chi connectivity index (χ3n) is 5.04. The van der Waals surface area contributed by atoms with Gasteiger partial charge in [-0.25, -0.2) is 4.79 Å². The number of rotatable bonds is 11. The summed E-state index contributed by atoms with van der Waals surface area (Å²) in [6.45, 7) is 0.0152. The van der Waals surface area contributed by atoms with Crippen LogP contribution in [0.1, 0.15) is 23.5 Å². The van der Waals surface area contributed by atoms with Crippen LogP contribution < -0.4 is 10.6 Å². The normalized spacial score (nSPS) is 13.0. The Balaban J connectivity index is 1.33. The highest BCUT2D eigenvalue weighted by atomic mass is 16.5. The van der Waals surface area contributed by atoms with Crippen LogP contribution in [0.25, 0.3) is 11.1 Å². The van der Waals surface area contributed by atoms with Gasteiger partial charge in [-0.3, -0.25) is 9.59 Å². The number of fused-ring (bicyclic) bond motifs is 3. The van der Waals surface area contributed by atoms with E-state index < -0.39 is 30.5 Å². The van der Waals surface area contributed by atoms with E-state index in [2.05, 4.69) is 22.8 Å². The van der Waals surface area contributed by atoms with Gasteiger partial charge in [0.05, 0.1) is 19.1 Å². The molecule has 1 atom stereocenters. The van der Waals surface area contributed by atoms with Crippen molar-refractivity contribution in [3.05, 3.63) is 59.7 Å². The van der Waals surface area contributed by atoms with Crippen LogP contribution in [-0.2, 0) is 19.1 Å². The largest absolute Gasteiger partial charge is 0.481 e. The molecule has 2 aromatic carbocycles. The lowest BCUT2D eigenvalue weighted by Gasteiger charge is -2.14. The van der Waals surface area contributed by atoms with Gasteiger partial charge >= 0.3 is 12.1 Å². The van der Waals surface area contributed by atoms with Crippen LogP contribution in [0.15, 0.2) is 48.5 Å². The minimum absolute atomic E-state index is 0.0235.